The van der Waals surface area contributed by atoms with Crippen LogP contribution in [0.1, 0.15) is 24.2 Å². The molecule has 0 heterocycles. The minimum Gasteiger partial charge on any atom is -0.494 e. The number of methoxy groups -OCH3 is 3. The first-order valence-corrected chi connectivity index (χ1v) is 9.63. The summed E-state index contributed by atoms with van der Waals surface area (Å²) in [5, 5.41) is 2.67. The monoisotopic (exact) mass is 433 g/mol. The Morgan fingerprint density at radius 2 is 1.48 bits per heavy atom. The summed E-state index contributed by atoms with van der Waals surface area (Å²) >= 11 is 0. The molecule has 0 saturated heterocycles. The Morgan fingerprint density at radius 1 is 0.839 bits per heavy atom. The number of carbonyl (C=O) groups excluding carboxylic acids is 2. The summed E-state index contributed by atoms with van der Waals surface area (Å²) in [6, 6.07) is 7.98. The van der Waals surface area contributed by atoms with E-state index in [-0.39, 0.29) is 5.56 Å². The molecule has 0 bridgehead atoms. The SMILES string of the molecule is CCOc1ccc(OCC)c(NC(=O)COC(=O)c2cc(OC)c(OC)c(OC)c2)c1. The van der Waals surface area contributed by atoms with Gasteiger partial charge in [0, 0.05) is 6.07 Å². The van der Waals surface area contributed by atoms with E-state index in [2.05, 4.69) is 5.32 Å². The average molecular weight is 433 g/mol. The number of esters is 1. The minimum absolute atomic E-state index is 0.149. The van der Waals surface area contributed by atoms with Crippen molar-refractivity contribution in [2.45, 2.75) is 13.8 Å². The molecule has 0 saturated carbocycles. The van der Waals surface area contributed by atoms with Crippen molar-refractivity contribution >= 4 is 17.6 Å². The van der Waals surface area contributed by atoms with Gasteiger partial charge in [-0.25, -0.2) is 4.79 Å². The quantitative estimate of drug-likeness (QED) is 0.539. The van der Waals surface area contributed by atoms with Crippen LogP contribution in [-0.4, -0.2) is 53.0 Å². The molecule has 0 aliphatic heterocycles. The second-order valence-corrected chi connectivity index (χ2v) is 6.06. The first-order valence-electron chi connectivity index (χ1n) is 9.63. The third-order valence-electron chi connectivity index (χ3n) is 4.07. The van der Waals surface area contributed by atoms with Crippen LogP contribution in [0.3, 0.4) is 0 Å². The maximum absolute atomic E-state index is 12.4. The Balaban J connectivity index is 2.09. The van der Waals surface area contributed by atoms with Crippen LogP contribution in [-0.2, 0) is 9.53 Å². The average Bonchev–Trinajstić information content (AvgIpc) is 2.78. The van der Waals surface area contributed by atoms with Crippen LogP contribution in [0.4, 0.5) is 5.69 Å². The molecule has 0 aromatic heterocycles. The molecule has 0 aliphatic rings. The molecule has 0 spiro atoms. The van der Waals surface area contributed by atoms with E-state index < -0.39 is 18.5 Å². The van der Waals surface area contributed by atoms with Gasteiger partial charge in [0.05, 0.1) is 45.8 Å². The predicted molar refractivity (Wildman–Crippen MR) is 114 cm³/mol. The fourth-order valence-corrected chi connectivity index (χ4v) is 2.74. The third kappa shape index (κ3) is 6.18. The van der Waals surface area contributed by atoms with Gasteiger partial charge >= 0.3 is 5.97 Å². The lowest BCUT2D eigenvalue weighted by Gasteiger charge is -2.15. The van der Waals surface area contributed by atoms with Crippen LogP contribution >= 0.6 is 0 Å². The van der Waals surface area contributed by atoms with Crippen molar-refractivity contribution in [2.75, 3.05) is 46.5 Å². The summed E-state index contributed by atoms with van der Waals surface area (Å²) in [6.45, 7) is 4.10. The number of rotatable bonds is 11. The molecule has 2 rings (SSSR count). The van der Waals surface area contributed by atoms with E-state index in [0.29, 0.717) is 47.6 Å². The van der Waals surface area contributed by atoms with Crippen molar-refractivity contribution in [3.63, 3.8) is 0 Å². The molecule has 9 nitrogen and oxygen atoms in total. The second kappa shape index (κ2) is 11.5. The number of anilines is 1. The predicted octanol–water partition coefficient (Wildman–Crippen LogP) is 3.31. The zero-order chi connectivity index (χ0) is 22.8. The zero-order valence-electron chi connectivity index (χ0n) is 18.3. The van der Waals surface area contributed by atoms with Gasteiger partial charge in [0.1, 0.15) is 11.5 Å². The van der Waals surface area contributed by atoms with Gasteiger partial charge in [-0.3, -0.25) is 4.79 Å². The van der Waals surface area contributed by atoms with Crippen molar-refractivity contribution in [3.8, 4) is 28.7 Å². The Kier molecular flexibility index (Phi) is 8.80. The topological polar surface area (TPSA) is 102 Å². The highest BCUT2D eigenvalue weighted by Crippen LogP contribution is 2.38. The molecule has 0 atom stereocenters. The van der Waals surface area contributed by atoms with Crippen LogP contribution in [0.25, 0.3) is 0 Å². The third-order valence-corrected chi connectivity index (χ3v) is 4.07. The Bertz CT molecular complexity index is 887. The maximum atomic E-state index is 12.4. The van der Waals surface area contributed by atoms with Crippen LogP contribution < -0.4 is 29.0 Å². The lowest BCUT2D eigenvalue weighted by molar-refractivity contribution is -0.119. The minimum atomic E-state index is -0.720. The standard InChI is InChI=1S/C22H27NO8/c1-6-29-15-8-9-17(30-7-2)16(12-15)23-20(24)13-31-22(25)14-10-18(26-3)21(28-5)19(11-14)27-4/h8-12H,6-7,13H2,1-5H3,(H,23,24). The highest BCUT2D eigenvalue weighted by molar-refractivity contribution is 5.97. The molecule has 1 N–H and O–H groups in total. The van der Waals surface area contributed by atoms with E-state index in [1.165, 1.54) is 33.5 Å². The summed E-state index contributed by atoms with van der Waals surface area (Å²) in [5.41, 5.74) is 0.567. The van der Waals surface area contributed by atoms with Crippen LogP contribution in [0.2, 0.25) is 0 Å². The van der Waals surface area contributed by atoms with Gasteiger partial charge in [-0.1, -0.05) is 0 Å². The number of carbonyl (C=O) groups is 2. The number of ether oxygens (including phenoxy) is 6. The summed E-state index contributed by atoms with van der Waals surface area (Å²) < 4.78 is 31.8. The number of hydrogen-bond donors (Lipinski definition) is 1. The maximum Gasteiger partial charge on any atom is 0.338 e. The largest absolute Gasteiger partial charge is 0.494 e. The molecule has 0 fully saturated rings. The van der Waals surface area contributed by atoms with Gasteiger partial charge in [0.25, 0.3) is 5.91 Å². The van der Waals surface area contributed by atoms with Gasteiger partial charge in [0.2, 0.25) is 5.75 Å². The van der Waals surface area contributed by atoms with E-state index in [1.54, 1.807) is 18.2 Å². The molecule has 9 heteroatoms. The van der Waals surface area contributed by atoms with Gasteiger partial charge in [-0.2, -0.15) is 0 Å². The van der Waals surface area contributed by atoms with E-state index >= 15 is 0 Å². The molecule has 168 valence electrons. The van der Waals surface area contributed by atoms with E-state index in [4.69, 9.17) is 28.4 Å². The Morgan fingerprint density at radius 3 is 2.03 bits per heavy atom. The van der Waals surface area contributed by atoms with Crippen LogP contribution in [0.5, 0.6) is 28.7 Å². The van der Waals surface area contributed by atoms with E-state index in [1.807, 2.05) is 13.8 Å². The number of amides is 1. The van der Waals surface area contributed by atoms with E-state index in [9.17, 15) is 9.59 Å². The lowest BCUT2D eigenvalue weighted by atomic mass is 10.2. The summed E-state index contributed by atoms with van der Waals surface area (Å²) in [5.74, 6) is 0.750. The Labute approximate surface area is 181 Å². The Hall–Kier alpha value is -3.62. The molecule has 2 aromatic carbocycles. The van der Waals surface area contributed by atoms with Crippen molar-refractivity contribution in [1.82, 2.24) is 0 Å². The lowest BCUT2D eigenvalue weighted by Crippen LogP contribution is -2.21. The van der Waals surface area contributed by atoms with Gasteiger partial charge in [-0.05, 0) is 38.1 Å². The van der Waals surface area contributed by atoms with Crippen molar-refractivity contribution in [2.24, 2.45) is 0 Å². The number of nitrogens with one attached hydrogen (secondary N) is 1. The van der Waals surface area contributed by atoms with Crippen molar-refractivity contribution < 1.29 is 38.0 Å². The summed E-state index contributed by atoms with van der Waals surface area (Å²) in [6.07, 6.45) is 0. The van der Waals surface area contributed by atoms with Crippen molar-refractivity contribution in [1.29, 1.82) is 0 Å². The summed E-state index contributed by atoms with van der Waals surface area (Å²) in [7, 11) is 4.33. The van der Waals surface area contributed by atoms with Crippen LogP contribution in [0, 0.1) is 0 Å². The number of hydrogen-bond acceptors (Lipinski definition) is 8. The molecule has 0 aliphatic carbocycles. The fourth-order valence-electron chi connectivity index (χ4n) is 2.74. The first kappa shape index (κ1) is 23.7. The van der Waals surface area contributed by atoms with Crippen LogP contribution in [0.15, 0.2) is 30.3 Å². The molecular weight excluding hydrogens is 406 g/mol. The molecular formula is C22H27NO8. The summed E-state index contributed by atoms with van der Waals surface area (Å²) in [4.78, 5) is 24.8. The van der Waals surface area contributed by atoms with Gasteiger partial charge < -0.3 is 33.7 Å². The smallest absolute Gasteiger partial charge is 0.338 e. The molecule has 1 amide bonds. The molecule has 0 unspecified atom stereocenters. The van der Waals surface area contributed by atoms with Gasteiger partial charge in [0.15, 0.2) is 18.1 Å². The highest BCUT2D eigenvalue weighted by atomic mass is 16.5. The zero-order valence-corrected chi connectivity index (χ0v) is 18.3. The first-order chi connectivity index (χ1) is 15.0. The van der Waals surface area contributed by atoms with Gasteiger partial charge in [-0.15, -0.1) is 0 Å². The number of benzene rings is 2. The van der Waals surface area contributed by atoms with Crippen molar-refractivity contribution in [3.05, 3.63) is 35.9 Å². The molecule has 2 aromatic rings. The normalized spacial score (nSPS) is 10.1. The highest BCUT2D eigenvalue weighted by Gasteiger charge is 2.19. The second-order valence-electron chi connectivity index (χ2n) is 6.06. The van der Waals surface area contributed by atoms with E-state index in [0.717, 1.165) is 0 Å². The molecule has 31 heavy (non-hydrogen) atoms. The fraction of sp³-hybridized carbons (Fsp3) is 0.364. The molecule has 0 radical (unpaired) electrons.